The Morgan fingerprint density at radius 1 is 1.00 bits per heavy atom. The standard InChI is InChI=1S/C16H22N2O3S/c1-13-6-7-14(16(19)17-8-2-3-9-17)12-15(13)22(20,21)18-10-4-5-11-18/h6-7,12H,2-5,8-11H2,1H3. The first kappa shape index (κ1) is 15.5. The van der Waals surface area contributed by atoms with E-state index >= 15 is 0 Å². The van der Waals surface area contributed by atoms with Gasteiger partial charge in [0.25, 0.3) is 5.91 Å². The minimum absolute atomic E-state index is 0.0598. The van der Waals surface area contributed by atoms with E-state index in [1.807, 2.05) is 0 Å². The smallest absolute Gasteiger partial charge is 0.253 e. The van der Waals surface area contributed by atoms with Gasteiger partial charge >= 0.3 is 0 Å². The van der Waals surface area contributed by atoms with Crippen LogP contribution in [0.25, 0.3) is 0 Å². The van der Waals surface area contributed by atoms with Gasteiger partial charge in [-0.25, -0.2) is 8.42 Å². The monoisotopic (exact) mass is 322 g/mol. The van der Waals surface area contributed by atoms with Crippen LogP contribution in [0.15, 0.2) is 23.1 Å². The van der Waals surface area contributed by atoms with Crippen LogP contribution in [-0.2, 0) is 10.0 Å². The topological polar surface area (TPSA) is 57.7 Å². The van der Waals surface area contributed by atoms with E-state index in [1.54, 1.807) is 30.0 Å². The average Bonchev–Trinajstić information content (AvgIpc) is 3.20. The third kappa shape index (κ3) is 2.77. The molecule has 120 valence electrons. The van der Waals surface area contributed by atoms with Crippen LogP contribution in [-0.4, -0.2) is 49.7 Å². The molecular weight excluding hydrogens is 300 g/mol. The lowest BCUT2D eigenvalue weighted by atomic mass is 10.1. The predicted molar refractivity (Wildman–Crippen MR) is 84.3 cm³/mol. The van der Waals surface area contributed by atoms with Gasteiger partial charge in [-0.3, -0.25) is 4.79 Å². The molecule has 2 fully saturated rings. The second kappa shape index (κ2) is 6.01. The van der Waals surface area contributed by atoms with Gasteiger partial charge in [-0.2, -0.15) is 4.31 Å². The van der Waals surface area contributed by atoms with Gasteiger partial charge in [-0.05, 0) is 50.3 Å². The van der Waals surface area contributed by atoms with Crippen LogP contribution in [0.3, 0.4) is 0 Å². The Morgan fingerprint density at radius 3 is 2.23 bits per heavy atom. The molecule has 3 rings (SSSR count). The summed E-state index contributed by atoms with van der Waals surface area (Å²) in [5.41, 5.74) is 1.18. The predicted octanol–water partition coefficient (Wildman–Crippen LogP) is 2.02. The molecule has 0 spiro atoms. The molecule has 0 atom stereocenters. The molecule has 22 heavy (non-hydrogen) atoms. The maximum Gasteiger partial charge on any atom is 0.253 e. The maximum atomic E-state index is 12.8. The van der Waals surface area contributed by atoms with Crippen molar-refractivity contribution in [2.24, 2.45) is 0 Å². The quantitative estimate of drug-likeness (QED) is 0.855. The largest absolute Gasteiger partial charge is 0.339 e. The van der Waals surface area contributed by atoms with E-state index in [0.717, 1.165) is 38.8 Å². The Balaban J connectivity index is 1.94. The van der Waals surface area contributed by atoms with Crippen molar-refractivity contribution in [3.05, 3.63) is 29.3 Å². The van der Waals surface area contributed by atoms with Crippen LogP contribution in [0.1, 0.15) is 41.6 Å². The van der Waals surface area contributed by atoms with E-state index in [-0.39, 0.29) is 10.8 Å². The number of rotatable bonds is 3. The van der Waals surface area contributed by atoms with Crippen molar-refractivity contribution < 1.29 is 13.2 Å². The van der Waals surface area contributed by atoms with Crippen molar-refractivity contribution in [1.29, 1.82) is 0 Å². The SMILES string of the molecule is Cc1ccc(C(=O)N2CCCC2)cc1S(=O)(=O)N1CCCC1. The van der Waals surface area contributed by atoms with Gasteiger partial charge in [0, 0.05) is 31.7 Å². The van der Waals surface area contributed by atoms with Gasteiger partial charge in [-0.1, -0.05) is 6.07 Å². The van der Waals surface area contributed by atoms with Crippen LogP contribution in [0.2, 0.25) is 0 Å². The molecule has 2 saturated heterocycles. The van der Waals surface area contributed by atoms with Gasteiger partial charge in [0.1, 0.15) is 0 Å². The normalized spacial score (nSPS) is 19.8. The van der Waals surface area contributed by atoms with E-state index in [4.69, 9.17) is 0 Å². The Labute approximate surface area is 132 Å². The van der Waals surface area contributed by atoms with Crippen LogP contribution < -0.4 is 0 Å². The Kier molecular flexibility index (Phi) is 4.23. The number of nitrogens with zero attached hydrogens (tertiary/aromatic N) is 2. The number of sulfonamides is 1. The van der Waals surface area contributed by atoms with Crippen LogP contribution in [0.4, 0.5) is 0 Å². The summed E-state index contributed by atoms with van der Waals surface area (Å²) < 4.78 is 27.0. The van der Waals surface area contributed by atoms with E-state index in [2.05, 4.69) is 0 Å². The summed E-state index contributed by atoms with van der Waals surface area (Å²) in [5.74, 6) is -0.0598. The van der Waals surface area contributed by atoms with Gasteiger partial charge in [-0.15, -0.1) is 0 Å². The van der Waals surface area contributed by atoms with Gasteiger partial charge in [0.2, 0.25) is 10.0 Å². The minimum atomic E-state index is -3.49. The number of amides is 1. The first-order valence-electron chi connectivity index (χ1n) is 7.90. The highest BCUT2D eigenvalue weighted by atomic mass is 32.2. The summed E-state index contributed by atoms with van der Waals surface area (Å²) in [6.45, 7) is 4.47. The molecule has 2 aliphatic rings. The van der Waals surface area contributed by atoms with Crippen molar-refractivity contribution in [3.8, 4) is 0 Å². The van der Waals surface area contributed by atoms with Crippen molar-refractivity contribution in [1.82, 2.24) is 9.21 Å². The molecule has 1 aromatic carbocycles. The zero-order chi connectivity index (χ0) is 15.7. The second-order valence-corrected chi connectivity index (χ2v) is 8.00. The van der Waals surface area contributed by atoms with Crippen LogP contribution in [0.5, 0.6) is 0 Å². The Hall–Kier alpha value is -1.40. The number of carbonyl (C=O) groups is 1. The van der Waals surface area contributed by atoms with Crippen molar-refractivity contribution >= 4 is 15.9 Å². The molecule has 0 aromatic heterocycles. The number of benzene rings is 1. The molecule has 1 aromatic rings. The lowest BCUT2D eigenvalue weighted by Gasteiger charge is -2.19. The first-order chi connectivity index (χ1) is 10.5. The summed E-state index contributed by atoms with van der Waals surface area (Å²) in [4.78, 5) is 14.6. The van der Waals surface area contributed by atoms with E-state index in [9.17, 15) is 13.2 Å². The average molecular weight is 322 g/mol. The molecule has 6 heteroatoms. The number of hydrogen-bond donors (Lipinski definition) is 0. The third-order valence-corrected chi connectivity index (χ3v) is 6.55. The molecule has 0 saturated carbocycles. The molecule has 1 amide bonds. The third-order valence-electron chi connectivity index (χ3n) is 4.51. The fourth-order valence-electron chi connectivity index (χ4n) is 3.18. The highest BCUT2D eigenvalue weighted by Crippen LogP contribution is 2.25. The fourth-order valence-corrected chi connectivity index (χ4v) is 4.95. The van der Waals surface area contributed by atoms with Gasteiger partial charge in [0.05, 0.1) is 4.90 Å². The van der Waals surface area contributed by atoms with Gasteiger partial charge < -0.3 is 4.90 Å². The van der Waals surface area contributed by atoms with Gasteiger partial charge in [0.15, 0.2) is 0 Å². The highest BCUT2D eigenvalue weighted by Gasteiger charge is 2.29. The molecule has 0 N–H and O–H groups in total. The van der Waals surface area contributed by atoms with Crippen LogP contribution >= 0.6 is 0 Å². The summed E-state index contributed by atoms with van der Waals surface area (Å²) >= 11 is 0. The van der Waals surface area contributed by atoms with Crippen molar-refractivity contribution in [2.75, 3.05) is 26.2 Å². The molecule has 2 heterocycles. The summed E-state index contributed by atoms with van der Waals surface area (Å²) in [6, 6.07) is 5.04. The van der Waals surface area contributed by atoms with Crippen molar-refractivity contribution in [2.45, 2.75) is 37.5 Å². The zero-order valence-electron chi connectivity index (χ0n) is 12.9. The highest BCUT2D eigenvalue weighted by molar-refractivity contribution is 7.89. The van der Waals surface area contributed by atoms with E-state index in [1.165, 1.54) is 4.31 Å². The molecule has 0 bridgehead atoms. The summed E-state index contributed by atoms with van der Waals surface area (Å²) in [5, 5.41) is 0. The van der Waals surface area contributed by atoms with E-state index < -0.39 is 10.0 Å². The first-order valence-corrected chi connectivity index (χ1v) is 9.34. The number of carbonyl (C=O) groups excluding carboxylic acids is 1. The number of likely N-dealkylation sites (tertiary alicyclic amines) is 1. The van der Waals surface area contributed by atoms with Crippen molar-refractivity contribution in [3.63, 3.8) is 0 Å². The minimum Gasteiger partial charge on any atom is -0.339 e. The lowest BCUT2D eigenvalue weighted by Crippen LogP contribution is -2.30. The second-order valence-electron chi connectivity index (χ2n) is 6.09. The molecular formula is C16H22N2O3S. The lowest BCUT2D eigenvalue weighted by molar-refractivity contribution is 0.0792. The number of aryl methyl sites for hydroxylation is 1. The fraction of sp³-hybridized carbons (Fsp3) is 0.562. The number of hydrogen-bond acceptors (Lipinski definition) is 3. The molecule has 0 radical (unpaired) electrons. The summed E-state index contributed by atoms with van der Waals surface area (Å²) in [6.07, 6.45) is 3.86. The molecule has 0 unspecified atom stereocenters. The Morgan fingerprint density at radius 2 is 1.59 bits per heavy atom. The van der Waals surface area contributed by atoms with E-state index in [0.29, 0.717) is 24.2 Å². The van der Waals surface area contributed by atoms with Crippen LogP contribution in [0, 0.1) is 6.92 Å². The molecule has 5 nitrogen and oxygen atoms in total. The molecule has 0 aliphatic carbocycles. The zero-order valence-corrected chi connectivity index (χ0v) is 13.7. The summed E-state index contributed by atoms with van der Waals surface area (Å²) in [7, 11) is -3.49. The molecule has 2 aliphatic heterocycles. The Bertz CT molecular complexity index is 673. The maximum absolute atomic E-state index is 12.8.